The Labute approximate surface area is 233 Å². The van der Waals surface area contributed by atoms with E-state index in [0.717, 1.165) is 0 Å². The van der Waals surface area contributed by atoms with Crippen LogP contribution in [0.2, 0.25) is 0 Å². The summed E-state index contributed by atoms with van der Waals surface area (Å²) in [4.78, 5) is 0.534. The van der Waals surface area contributed by atoms with Gasteiger partial charge in [0.25, 0.3) is 0 Å². The number of phenolic OH excluding ortho intramolecular Hbond substituents is 1. The summed E-state index contributed by atoms with van der Waals surface area (Å²) in [6.45, 7) is 1.09. The first-order valence-electron chi connectivity index (χ1n) is 12.2. The molecule has 0 saturated carbocycles. The summed E-state index contributed by atoms with van der Waals surface area (Å²) in [5, 5.41) is 9.36. The van der Waals surface area contributed by atoms with Crippen molar-refractivity contribution < 1.29 is 40.9 Å². The second-order valence-electron chi connectivity index (χ2n) is 8.43. The van der Waals surface area contributed by atoms with Crippen molar-refractivity contribution in [2.45, 2.75) is 19.6 Å². The zero-order valence-electron chi connectivity index (χ0n) is 21.6. The Bertz CT molecular complexity index is 1600. The van der Waals surface area contributed by atoms with E-state index in [-0.39, 0.29) is 45.2 Å². The highest BCUT2D eigenvalue weighted by Crippen LogP contribution is 2.26. The van der Waals surface area contributed by atoms with Crippen molar-refractivity contribution in [2.75, 3.05) is 33.5 Å². The Morgan fingerprint density at radius 1 is 0.500 bits per heavy atom. The Kier molecular flexibility index (Phi) is 9.30. The molecule has 0 aliphatic heterocycles. The lowest BCUT2D eigenvalue weighted by Gasteiger charge is -2.10. The van der Waals surface area contributed by atoms with Crippen molar-refractivity contribution in [1.82, 2.24) is 0 Å². The first-order valence-corrected chi connectivity index (χ1v) is 15.1. The quantitative estimate of drug-likeness (QED) is 0.226. The Morgan fingerprint density at radius 2 is 0.825 bits per heavy atom. The van der Waals surface area contributed by atoms with Crippen LogP contribution in [0.15, 0.2) is 117 Å². The first kappa shape index (κ1) is 28.9. The van der Waals surface area contributed by atoms with Crippen LogP contribution in [0.4, 0.5) is 0 Å². The van der Waals surface area contributed by atoms with Gasteiger partial charge in [0.05, 0.1) is 39.9 Å². The van der Waals surface area contributed by atoms with Gasteiger partial charge in [-0.3, -0.25) is 0 Å². The smallest absolute Gasteiger partial charge is 0.206 e. The molecule has 0 aliphatic carbocycles. The zero-order chi connectivity index (χ0) is 28.6. The van der Waals surface area contributed by atoms with E-state index in [1.165, 1.54) is 67.8 Å². The second kappa shape index (κ2) is 12.9. The minimum absolute atomic E-state index is 0.00977. The van der Waals surface area contributed by atoms with Gasteiger partial charge < -0.3 is 24.1 Å². The molecular formula is C29H28O9S2. The van der Waals surface area contributed by atoms with Gasteiger partial charge in [0.1, 0.15) is 36.2 Å². The topological polar surface area (TPSA) is 125 Å². The van der Waals surface area contributed by atoms with Gasteiger partial charge in [-0.25, -0.2) is 16.8 Å². The summed E-state index contributed by atoms with van der Waals surface area (Å²) in [5.74, 6) is 1.57. The molecule has 4 aromatic rings. The molecule has 0 saturated heterocycles. The van der Waals surface area contributed by atoms with E-state index in [1.54, 1.807) is 36.4 Å². The van der Waals surface area contributed by atoms with Crippen LogP contribution in [-0.4, -0.2) is 55.5 Å². The maximum absolute atomic E-state index is 12.8. The van der Waals surface area contributed by atoms with E-state index in [4.69, 9.17) is 18.9 Å². The molecule has 210 valence electrons. The van der Waals surface area contributed by atoms with E-state index >= 15 is 0 Å². The lowest BCUT2D eigenvalue weighted by Crippen LogP contribution is -2.12. The fourth-order valence-corrected chi connectivity index (χ4v) is 6.14. The molecule has 0 aromatic heterocycles. The SMILES string of the molecule is COc1ccc(S(=O)(=O)c2ccc(OCCOCCOc3ccc(S(=O)(=O)c4ccc(O)cc4)cc3)cc2)cc1. The molecule has 0 aliphatic rings. The molecule has 40 heavy (non-hydrogen) atoms. The Balaban J connectivity index is 1.17. The minimum atomic E-state index is -3.70. The highest BCUT2D eigenvalue weighted by atomic mass is 32.2. The first-order chi connectivity index (χ1) is 19.2. The zero-order valence-corrected chi connectivity index (χ0v) is 23.2. The van der Waals surface area contributed by atoms with Crippen molar-refractivity contribution in [3.63, 3.8) is 0 Å². The summed E-state index contributed by atoms with van der Waals surface area (Å²) in [7, 11) is -5.83. The highest BCUT2D eigenvalue weighted by Gasteiger charge is 2.18. The third-order valence-electron chi connectivity index (χ3n) is 5.78. The summed E-state index contributed by atoms with van der Waals surface area (Å²) < 4.78 is 72.7. The number of rotatable bonds is 13. The van der Waals surface area contributed by atoms with Gasteiger partial charge in [-0.05, 0) is 97.1 Å². The number of phenols is 1. The van der Waals surface area contributed by atoms with Crippen LogP contribution >= 0.6 is 0 Å². The number of hydrogen-bond acceptors (Lipinski definition) is 9. The predicted octanol–water partition coefficient (Wildman–Crippen LogP) is 4.54. The van der Waals surface area contributed by atoms with E-state index in [1.807, 2.05) is 0 Å². The monoisotopic (exact) mass is 584 g/mol. The van der Waals surface area contributed by atoms with Crippen LogP contribution in [-0.2, 0) is 24.4 Å². The molecule has 9 nitrogen and oxygen atoms in total. The Morgan fingerprint density at radius 3 is 1.18 bits per heavy atom. The molecule has 0 atom stereocenters. The molecule has 0 unspecified atom stereocenters. The molecule has 0 heterocycles. The molecule has 1 N–H and O–H groups in total. The van der Waals surface area contributed by atoms with Crippen molar-refractivity contribution >= 4 is 19.7 Å². The fraction of sp³-hybridized carbons (Fsp3) is 0.172. The average Bonchev–Trinajstić information content (AvgIpc) is 2.97. The average molecular weight is 585 g/mol. The summed E-state index contributed by atoms with van der Waals surface area (Å²) >= 11 is 0. The molecule has 0 amide bonds. The van der Waals surface area contributed by atoms with Gasteiger partial charge in [-0.15, -0.1) is 0 Å². The fourth-order valence-electron chi connectivity index (χ4n) is 3.62. The minimum Gasteiger partial charge on any atom is -0.508 e. The van der Waals surface area contributed by atoms with E-state index in [0.29, 0.717) is 23.9 Å². The van der Waals surface area contributed by atoms with Crippen molar-refractivity contribution in [3.05, 3.63) is 97.1 Å². The summed E-state index contributed by atoms with van der Waals surface area (Å²) in [6.07, 6.45) is 0. The molecule has 4 aromatic carbocycles. The normalized spacial score (nSPS) is 11.6. The third kappa shape index (κ3) is 7.12. The number of ether oxygens (including phenoxy) is 4. The molecule has 0 bridgehead atoms. The number of hydrogen-bond donors (Lipinski definition) is 1. The maximum Gasteiger partial charge on any atom is 0.206 e. The summed E-state index contributed by atoms with van der Waals surface area (Å²) in [6, 6.07) is 23.7. The van der Waals surface area contributed by atoms with Crippen LogP contribution in [0, 0.1) is 0 Å². The van der Waals surface area contributed by atoms with Gasteiger partial charge >= 0.3 is 0 Å². The Hall–Kier alpha value is -4.06. The van der Waals surface area contributed by atoms with Crippen LogP contribution in [0.25, 0.3) is 0 Å². The van der Waals surface area contributed by atoms with Crippen LogP contribution in [0.5, 0.6) is 23.0 Å². The van der Waals surface area contributed by atoms with Crippen LogP contribution in [0.1, 0.15) is 0 Å². The lowest BCUT2D eigenvalue weighted by molar-refractivity contribution is 0.0764. The number of sulfone groups is 2. The highest BCUT2D eigenvalue weighted by molar-refractivity contribution is 7.91. The van der Waals surface area contributed by atoms with E-state index in [2.05, 4.69) is 0 Å². The van der Waals surface area contributed by atoms with Crippen molar-refractivity contribution in [1.29, 1.82) is 0 Å². The largest absolute Gasteiger partial charge is 0.508 e. The van der Waals surface area contributed by atoms with Gasteiger partial charge in [-0.1, -0.05) is 0 Å². The number of aromatic hydroxyl groups is 1. The molecular weight excluding hydrogens is 556 g/mol. The predicted molar refractivity (Wildman–Crippen MR) is 147 cm³/mol. The molecule has 0 spiro atoms. The molecule has 11 heteroatoms. The van der Waals surface area contributed by atoms with E-state index < -0.39 is 19.7 Å². The summed E-state index contributed by atoms with van der Waals surface area (Å²) in [5.41, 5.74) is 0. The van der Waals surface area contributed by atoms with Crippen LogP contribution in [0.3, 0.4) is 0 Å². The number of methoxy groups -OCH3 is 1. The van der Waals surface area contributed by atoms with Crippen LogP contribution < -0.4 is 14.2 Å². The van der Waals surface area contributed by atoms with Gasteiger partial charge in [0, 0.05) is 0 Å². The van der Waals surface area contributed by atoms with Gasteiger partial charge in [0.15, 0.2) is 0 Å². The number of benzene rings is 4. The van der Waals surface area contributed by atoms with Crippen molar-refractivity contribution in [3.8, 4) is 23.0 Å². The second-order valence-corrected chi connectivity index (χ2v) is 12.3. The standard InChI is InChI=1S/C29H28O9S2/c1-35-23-4-12-27(13-5-23)40(33,34)29-16-8-25(9-17-29)38-21-19-36-18-20-37-24-6-14-28(15-7-24)39(31,32)26-10-2-22(30)3-11-26/h2-17,30H,18-21H2,1H3. The van der Waals surface area contributed by atoms with E-state index in [9.17, 15) is 21.9 Å². The molecule has 0 radical (unpaired) electrons. The lowest BCUT2D eigenvalue weighted by atomic mass is 10.3. The molecule has 4 rings (SSSR count). The molecule has 0 fully saturated rings. The third-order valence-corrected chi connectivity index (χ3v) is 9.35. The van der Waals surface area contributed by atoms with Gasteiger partial charge in [0.2, 0.25) is 19.7 Å². The van der Waals surface area contributed by atoms with Gasteiger partial charge in [-0.2, -0.15) is 0 Å². The van der Waals surface area contributed by atoms with Crippen molar-refractivity contribution in [2.24, 2.45) is 0 Å². The maximum atomic E-state index is 12.8.